The van der Waals surface area contributed by atoms with Crippen molar-refractivity contribution in [2.75, 3.05) is 51.5 Å². The molecule has 0 aliphatic carbocycles. The zero-order valence-electron chi connectivity index (χ0n) is 14.4. The Kier molecular flexibility index (Phi) is 5.89. The molecule has 0 aromatic heterocycles. The number of anilines is 1. The second-order valence-corrected chi connectivity index (χ2v) is 5.78. The van der Waals surface area contributed by atoms with Crippen molar-refractivity contribution >= 4 is 5.69 Å². The third kappa shape index (κ3) is 4.11. The van der Waals surface area contributed by atoms with Gasteiger partial charge in [0.05, 0.1) is 19.8 Å². The van der Waals surface area contributed by atoms with E-state index in [0.29, 0.717) is 24.5 Å². The van der Waals surface area contributed by atoms with E-state index in [1.165, 1.54) is 5.69 Å². The van der Waals surface area contributed by atoms with E-state index in [2.05, 4.69) is 35.2 Å². The molecule has 5 heteroatoms. The molecule has 0 spiro atoms. The van der Waals surface area contributed by atoms with Gasteiger partial charge in [0.15, 0.2) is 0 Å². The molecule has 0 atom stereocenters. The van der Waals surface area contributed by atoms with Gasteiger partial charge in [0.25, 0.3) is 0 Å². The Morgan fingerprint density at radius 3 is 2.52 bits per heavy atom. The van der Waals surface area contributed by atoms with Crippen molar-refractivity contribution in [3.63, 3.8) is 0 Å². The highest BCUT2D eigenvalue weighted by Gasteiger charge is 2.13. The van der Waals surface area contributed by atoms with Gasteiger partial charge in [0.2, 0.25) is 0 Å². The zero-order valence-corrected chi connectivity index (χ0v) is 14.4. The predicted octanol–water partition coefficient (Wildman–Crippen LogP) is 3.09. The monoisotopic (exact) mass is 338 g/mol. The summed E-state index contributed by atoms with van der Waals surface area (Å²) in [6.07, 6.45) is 0. The number of rotatable bonds is 6. The van der Waals surface area contributed by atoms with E-state index in [9.17, 15) is 5.26 Å². The van der Waals surface area contributed by atoms with Gasteiger partial charge in [-0.15, -0.1) is 0 Å². The summed E-state index contributed by atoms with van der Waals surface area (Å²) in [7, 11) is 1.63. The topological polar surface area (TPSA) is 54.7 Å². The van der Waals surface area contributed by atoms with E-state index in [1.807, 2.05) is 18.2 Å². The Morgan fingerprint density at radius 2 is 1.84 bits per heavy atom. The highest BCUT2D eigenvalue weighted by atomic mass is 16.5. The Labute approximate surface area is 148 Å². The Balaban J connectivity index is 1.83. The molecule has 0 bridgehead atoms. The molecule has 130 valence electrons. The van der Waals surface area contributed by atoms with Crippen LogP contribution in [-0.4, -0.2) is 46.6 Å². The summed E-state index contributed by atoms with van der Waals surface area (Å²) >= 11 is 0. The first-order chi connectivity index (χ1) is 12.3. The molecule has 0 amide bonds. The summed E-state index contributed by atoms with van der Waals surface area (Å²) in [6, 6.07) is 16.3. The maximum absolute atomic E-state index is 9.59. The van der Waals surface area contributed by atoms with Crippen LogP contribution in [0, 0.1) is 11.3 Å². The highest BCUT2D eigenvalue weighted by Crippen LogP contribution is 2.31. The number of nitrogens with zero attached hydrogens (tertiary/aromatic N) is 2. The van der Waals surface area contributed by atoms with Crippen molar-refractivity contribution in [3.05, 3.63) is 48.0 Å². The van der Waals surface area contributed by atoms with Crippen molar-refractivity contribution in [2.24, 2.45) is 0 Å². The van der Waals surface area contributed by atoms with Crippen molar-refractivity contribution < 1.29 is 14.2 Å². The number of hydrogen-bond acceptors (Lipinski definition) is 5. The molecule has 25 heavy (non-hydrogen) atoms. The normalized spacial score (nSPS) is 14.2. The van der Waals surface area contributed by atoms with Crippen LogP contribution in [0.1, 0.15) is 5.56 Å². The lowest BCUT2D eigenvalue weighted by atomic mass is 9.99. The molecule has 3 rings (SSSR count). The maximum atomic E-state index is 9.59. The fourth-order valence-electron chi connectivity index (χ4n) is 2.92. The smallest absolute Gasteiger partial charge is 0.137 e. The third-order valence-electron chi connectivity index (χ3n) is 4.24. The van der Waals surface area contributed by atoms with E-state index >= 15 is 0 Å². The Morgan fingerprint density at radius 1 is 1.08 bits per heavy atom. The van der Waals surface area contributed by atoms with Crippen LogP contribution in [0.4, 0.5) is 5.69 Å². The third-order valence-corrected chi connectivity index (χ3v) is 4.24. The average Bonchev–Trinajstić information content (AvgIpc) is 2.69. The van der Waals surface area contributed by atoms with E-state index in [4.69, 9.17) is 14.2 Å². The quantitative estimate of drug-likeness (QED) is 0.758. The highest BCUT2D eigenvalue weighted by molar-refractivity contribution is 5.75. The SMILES string of the molecule is COCCOc1cccc(-c2ccc(N3CCOCC3)cc2)c1C#N. The molecule has 0 radical (unpaired) electrons. The van der Waals surface area contributed by atoms with Gasteiger partial charge in [0, 0.05) is 31.5 Å². The van der Waals surface area contributed by atoms with Crippen molar-refractivity contribution in [3.8, 4) is 22.9 Å². The number of benzene rings is 2. The minimum atomic E-state index is 0.421. The number of methoxy groups -OCH3 is 1. The molecule has 2 aromatic rings. The van der Waals surface area contributed by atoms with Crippen LogP contribution in [0.25, 0.3) is 11.1 Å². The maximum Gasteiger partial charge on any atom is 0.137 e. The zero-order chi connectivity index (χ0) is 17.5. The molecule has 1 aliphatic rings. The molecule has 2 aromatic carbocycles. The molecule has 1 heterocycles. The number of hydrogen-bond donors (Lipinski definition) is 0. The van der Waals surface area contributed by atoms with Crippen LogP contribution in [0.3, 0.4) is 0 Å². The first kappa shape index (κ1) is 17.3. The van der Waals surface area contributed by atoms with Gasteiger partial charge in [-0.2, -0.15) is 5.26 Å². The summed E-state index contributed by atoms with van der Waals surface area (Å²) in [4.78, 5) is 2.31. The fourth-order valence-corrected chi connectivity index (χ4v) is 2.92. The van der Waals surface area contributed by atoms with Crippen molar-refractivity contribution in [1.82, 2.24) is 0 Å². The fraction of sp³-hybridized carbons (Fsp3) is 0.350. The molecular formula is C20H22N2O3. The van der Waals surface area contributed by atoms with Gasteiger partial charge >= 0.3 is 0 Å². The van der Waals surface area contributed by atoms with Gasteiger partial charge in [-0.3, -0.25) is 0 Å². The first-order valence-corrected chi connectivity index (χ1v) is 8.41. The van der Waals surface area contributed by atoms with Gasteiger partial charge in [-0.05, 0) is 23.8 Å². The Hall–Kier alpha value is -2.55. The second-order valence-electron chi connectivity index (χ2n) is 5.78. The van der Waals surface area contributed by atoms with Crippen LogP contribution >= 0.6 is 0 Å². The van der Waals surface area contributed by atoms with Crippen molar-refractivity contribution in [1.29, 1.82) is 5.26 Å². The summed E-state index contributed by atoms with van der Waals surface area (Å²) in [5.74, 6) is 0.592. The van der Waals surface area contributed by atoms with Gasteiger partial charge in [-0.1, -0.05) is 24.3 Å². The van der Waals surface area contributed by atoms with Crippen LogP contribution in [-0.2, 0) is 9.47 Å². The van der Waals surface area contributed by atoms with Gasteiger partial charge in [0.1, 0.15) is 24.0 Å². The molecule has 1 saturated heterocycles. The number of morpholine rings is 1. The number of nitriles is 1. The minimum absolute atomic E-state index is 0.421. The summed E-state index contributed by atoms with van der Waals surface area (Å²) in [6.45, 7) is 4.26. The lowest BCUT2D eigenvalue weighted by Gasteiger charge is -2.29. The summed E-state index contributed by atoms with van der Waals surface area (Å²) in [5, 5.41) is 9.59. The Bertz CT molecular complexity index is 732. The molecule has 5 nitrogen and oxygen atoms in total. The first-order valence-electron chi connectivity index (χ1n) is 8.41. The average molecular weight is 338 g/mol. The molecule has 0 unspecified atom stereocenters. The van der Waals surface area contributed by atoms with E-state index in [-0.39, 0.29) is 0 Å². The van der Waals surface area contributed by atoms with E-state index in [1.54, 1.807) is 7.11 Å². The predicted molar refractivity (Wildman–Crippen MR) is 97.0 cm³/mol. The van der Waals surface area contributed by atoms with Gasteiger partial charge < -0.3 is 19.1 Å². The lowest BCUT2D eigenvalue weighted by Crippen LogP contribution is -2.36. The van der Waals surface area contributed by atoms with Crippen molar-refractivity contribution in [2.45, 2.75) is 0 Å². The van der Waals surface area contributed by atoms with Crippen LogP contribution in [0.5, 0.6) is 5.75 Å². The largest absolute Gasteiger partial charge is 0.490 e. The standard InChI is InChI=1S/C20H22N2O3/c1-23-13-14-25-20-4-2-3-18(19(20)15-21)16-5-7-17(8-6-16)22-9-11-24-12-10-22/h2-8H,9-14H2,1H3. The molecule has 1 fully saturated rings. The summed E-state index contributed by atoms with van der Waals surface area (Å²) in [5.41, 5.74) is 3.62. The van der Waals surface area contributed by atoms with Crippen LogP contribution < -0.4 is 9.64 Å². The molecule has 0 saturated carbocycles. The van der Waals surface area contributed by atoms with E-state index in [0.717, 1.165) is 37.4 Å². The molecular weight excluding hydrogens is 316 g/mol. The summed E-state index contributed by atoms with van der Waals surface area (Å²) < 4.78 is 16.1. The minimum Gasteiger partial charge on any atom is -0.490 e. The molecule has 1 aliphatic heterocycles. The van der Waals surface area contributed by atoms with Crippen LogP contribution in [0.15, 0.2) is 42.5 Å². The lowest BCUT2D eigenvalue weighted by molar-refractivity contribution is 0.122. The van der Waals surface area contributed by atoms with Crippen LogP contribution in [0.2, 0.25) is 0 Å². The van der Waals surface area contributed by atoms with E-state index < -0.39 is 0 Å². The number of ether oxygens (including phenoxy) is 3. The molecule has 0 N–H and O–H groups in total. The van der Waals surface area contributed by atoms with Gasteiger partial charge in [-0.25, -0.2) is 0 Å². The second kappa shape index (κ2) is 8.52.